The van der Waals surface area contributed by atoms with Gasteiger partial charge >= 0.3 is 0 Å². The first-order chi connectivity index (χ1) is 8.24. The Labute approximate surface area is 123 Å². The first-order valence-electron chi connectivity index (χ1n) is 5.98. The molecular weight excluding hydrogens is 291 g/mol. The van der Waals surface area contributed by atoms with E-state index >= 15 is 0 Å². The number of thiophene rings is 1. The van der Waals surface area contributed by atoms with Crippen molar-refractivity contribution < 1.29 is 4.79 Å². The number of rotatable bonds is 4. The van der Waals surface area contributed by atoms with E-state index < -0.39 is 0 Å². The van der Waals surface area contributed by atoms with Crippen molar-refractivity contribution in [3.63, 3.8) is 0 Å². The summed E-state index contributed by atoms with van der Waals surface area (Å²) >= 11 is 7.39. The van der Waals surface area contributed by atoms with Gasteiger partial charge in [-0.3, -0.25) is 4.79 Å². The monoisotopic (exact) mass is 308 g/mol. The zero-order chi connectivity index (χ0) is 12.1. The summed E-state index contributed by atoms with van der Waals surface area (Å²) in [5.74, 6) is 0.154. The van der Waals surface area contributed by atoms with Crippen LogP contribution in [0, 0.1) is 0 Å². The average Bonchev–Trinajstić information content (AvgIpc) is 2.74. The van der Waals surface area contributed by atoms with E-state index in [2.05, 4.69) is 10.6 Å². The molecule has 1 amide bonds. The molecule has 6 heteroatoms. The molecule has 2 rings (SSSR count). The lowest BCUT2D eigenvalue weighted by atomic mass is 10.1. The second-order valence-electron chi connectivity index (χ2n) is 4.30. The van der Waals surface area contributed by atoms with Gasteiger partial charge in [-0.25, -0.2) is 0 Å². The van der Waals surface area contributed by atoms with E-state index in [-0.39, 0.29) is 18.3 Å². The molecule has 2 heterocycles. The molecule has 1 fully saturated rings. The van der Waals surface area contributed by atoms with Gasteiger partial charge in [0.2, 0.25) is 5.91 Å². The molecular formula is C12H18Cl2N2OS. The Morgan fingerprint density at radius 1 is 1.44 bits per heavy atom. The SMILES string of the molecule is Cl.O=C(CCc1ccc(Cl)s1)NC1CCNCC1. The van der Waals surface area contributed by atoms with Crippen molar-refractivity contribution in [2.24, 2.45) is 0 Å². The Bertz CT molecular complexity index is 378. The topological polar surface area (TPSA) is 41.1 Å². The van der Waals surface area contributed by atoms with Gasteiger partial charge in [-0.15, -0.1) is 23.7 Å². The molecule has 18 heavy (non-hydrogen) atoms. The maximum Gasteiger partial charge on any atom is 0.220 e. The second-order valence-corrected chi connectivity index (χ2v) is 6.10. The van der Waals surface area contributed by atoms with Crippen molar-refractivity contribution >= 4 is 41.3 Å². The molecule has 102 valence electrons. The third-order valence-corrected chi connectivity index (χ3v) is 4.22. The number of hydrogen-bond donors (Lipinski definition) is 2. The minimum Gasteiger partial charge on any atom is -0.353 e. The van der Waals surface area contributed by atoms with Crippen LogP contribution < -0.4 is 10.6 Å². The van der Waals surface area contributed by atoms with Gasteiger partial charge in [-0.2, -0.15) is 0 Å². The van der Waals surface area contributed by atoms with Gasteiger partial charge in [-0.1, -0.05) is 11.6 Å². The fourth-order valence-electron chi connectivity index (χ4n) is 1.99. The number of carbonyl (C=O) groups is 1. The highest BCUT2D eigenvalue weighted by atomic mass is 35.5. The van der Waals surface area contributed by atoms with Gasteiger partial charge in [-0.05, 0) is 44.5 Å². The third-order valence-electron chi connectivity index (χ3n) is 2.93. The van der Waals surface area contributed by atoms with Gasteiger partial charge in [0.1, 0.15) is 0 Å². The maximum atomic E-state index is 11.7. The van der Waals surface area contributed by atoms with Crippen LogP contribution in [0.1, 0.15) is 24.1 Å². The Balaban J connectivity index is 0.00000162. The number of piperidine rings is 1. The molecule has 1 aliphatic heterocycles. The summed E-state index contributed by atoms with van der Waals surface area (Å²) in [6, 6.07) is 4.23. The highest BCUT2D eigenvalue weighted by molar-refractivity contribution is 7.16. The van der Waals surface area contributed by atoms with E-state index in [0.29, 0.717) is 12.5 Å². The Kier molecular flexibility index (Phi) is 7.00. The van der Waals surface area contributed by atoms with E-state index in [0.717, 1.165) is 36.7 Å². The third kappa shape index (κ3) is 5.14. The van der Waals surface area contributed by atoms with Crippen LogP contribution in [0.4, 0.5) is 0 Å². The number of halogens is 2. The predicted octanol–water partition coefficient (Wildman–Crippen LogP) is 2.62. The molecule has 0 atom stereocenters. The fourth-order valence-corrected chi connectivity index (χ4v) is 3.08. The molecule has 0 radical (unpaired) electrons. The Hall–Kier alpha value is -0.290. The Morgan fingerprint density at radius 2 is 2.17 bits per heavy atom. The molecule has 1 saturated heterocycles. The molecule has 2 N–H and O–H groups in total. The summed E-state index contributed by atoms with van der Waals surface area (Å²) in [6.07, 6.45) is 3.42. The van der Waals surface area contributed by atoms with Crippen molar-refractivity contribution in [2.45, 2.75) is 31.7 Å². The predicted molar refractivity (Wildman–Crippen MR) is 78.9 cm³/mol. The quantitative estimate of drug-likeness (QED) is 0.898. The van der Waals surface area contributed by atoms with E-state index in [4.69, 9.17) is 11.6 Å². The molecule has 1 aliphatic rings. The summed E-state index contributed by atoms with van der Waals surface area (Å²) in [5.41, 5.74) is 0. The molecule has 0 aromatic carbocycles. The van der Waals surface area contributed by atoms with Crippen molar-refractivity contribution in [3.8, 4) is 0 Å². The number of carbonyl (C=O) groups excluding carboxylic acids is 1. The van der Waals surface area contributed by atoms with Crippen LogP contribution in [0.5, 0.6) is 0 Å². The first-order valence-corrected chi connectivity index (χ1v) is 7.18. The van der Waals surface area contributed by atoms with E-state index in [9.17, 15) is 4.79 Å². The molecule has 1 aromatic rings. The number of hydrogen-bond acceptors (Lipinski definition) is 3. The van der Waals surface area contributed by atoms with Crippen molar-refractivity contribution in [3.05, 3.63) is 21.3 Å². The highest BCUT2D eigenvalue weighted by Gasteiger charge is 2.15. The second kappa shape index (κ2) is 8.00. The molecule has 1 aromatic heterocycles. The van der Waals surface area contributed by atoms with Gasteiger partial charge in [0.25, 0.3) is 0 Å². The van der Waals surface area contributed by atoms with Gasteiger partial charge in [0, 0.05) is 17.3 Å². The zero-order valence-corrected chi connectivity index (χ0v) is 12.5. The lowest BCUT2D eigenvalue weighted by Crippen LogP contribution is -2.42. The summed E-state index contributed by atoms with van der Waals surface area (Å²) in [7, 11) is 0. The van der Waals surface area contributed by atoms with Crippen molar-refractivity contribution in [1.82, 2.24) is 10.6 Å². The van der Waals surface area contributed by atoms with Crippen LogP contribution in [0.3, 0.4) is 0 Å². The smallest absolute Gasteiger partial charge is 0.220 e. The van der Waals surface area contributed by atoms with Gasteiger partial charge in [0.05, 0.1) is 4.34 Å². The van der Waals surface area contributed by atoms with Crippen LogP contribution in [-0.4, -0.2) is 25.0 Å². The summed E-state index contributed by atoms with van der Waals surface area (Å²) in [5, 5.41) is 6.37. The van der Waals surface area contributed by atoms with Crippen LogP contribution in [0.15, 0.2) is 12.1 Å². The minimum absolute atomic E-state index is 0. The fraction of sp³-hybridized carbons (Fsp3) is 0.583. The van der Waals surface area contributed by atoms with Crippen LogP contribution in [-0.2, 0) is 11.2 Å². The molecule has 0 bridgehead atoms. The summed E-state index contributed by atoms with van der Waals surface area (Å²) < 4.78 is 0.791. The highest BCUT2D eigenvalue weighted by Crippen LogP contribution is 2.22. The van der Waals surface area contributed by atoms with Crippen molar-refractivity contribution in [1.29, 1.82) is 0 Å². The van der Waals surface area contributed by atoms with E-state index in [1.807, 2.05) is 12.1 Å². The standard InChI is InChI=1S/C12H17ClN2OS.ClH/c13-11-3-1-10(17-11)2-4-12(16)15-9-5-7-14-8-6-9;/h1,3,9,14H,2,4-8H2,(H,15,16);1H. The van der Waals surface area contributed by atoms with E-state index in [1.165, 1.54) is 4.88 Å². The van der Waals surface area contributed by atoms with E-state index in [1.54, 1.807) is 11.3 Å². The molecule has 0 unspecified atom stereocenters. The minimum atomic E-state index is 0. The molecule has 0 spiro atoms. The number of aryl methyl sites for hydroxylation is 1. The number of nitrogens with one attached hydrogen (secondary N) is 2. The average molecular weight is 309 g/mol. The first kappa shape index (κ1) is 15.8. The largest absolute Gasteiger partial charge is 0.353 e. The molecule has 0 aliphatic carbocycles. The van der Waals surface area contributed by atoms with Gasteiger partial charge < -0.3 is 10.6 Å². The summed E-state index contributed by atoms with van der Waals surface area (Å²) in [4.78, 5) is 12.9. The van der Waals surface area contributed by atoms with Crippen molar-refractivity contribution in [2.75, 3.05) is 13.1 Å². The summed E-state index contributed by atoms with van der Waals surface area (Å²) in [6.45, 7) is 2.01. The van der Waals surface area contributed by atoms with Crippen LogP contribution >= 0.6 is 35.3 Å². The maximum absolute atomic E-state index is 11.7. The van der Waals surface area contributed by atoms with Gasteiger partial charge in [0.15, 0.2) is 0 Å². The zero-order valence-electron chi connectivity index (χ0n) is 10.1. The lowest BCUT2D eigenvalue weighted by Gasteiger charge is -2.23. The lowest BCUT2D eigenvalue weighted by molar-refractivity contribution is -0.121. The normalized spacial score (nSPS) is 16.1. The molecule has 0 saturated carbocycles. The van der Waals surface area contributed by atoms with Crippen LogP contribution in [0.2, 0.25) is 4.34 Å². The van der Waals surface area contributed by atoms with Crippen LogP contribution in [0.25, 0.3) is 0 Å². The Morgan fingerprint density at radius 3 is 2.78 bits per heavy atom. The molecule has 3 nitrogen and oxygen atoms in total. The number of amides is 1.